The SMILES string of the molecule is CCOC(=O)c1c(-c2ccccc2)csc1NC(=O)COC(=O)C1CC1. The molecule has 0 saturated heterocycles. The van der Waals surface area contributed by atoms with E-state index in [1.165, 1.54) is 11.3 Å². The van der Waals surface area contributed by atoms with Crippen LogP contribution in [0.2, 0.25) is 0 Å². The van der Waals surface area contributed by atoms with E-state index in [1.54, 1.807) is 12.3 Å². The molecule has 3 rings (SSSR count). The Kier molecular flexibility index (Phi) is 5.68. The number of hydrogen-bond acceptors (Lipinski definition) is 6. The molecule has 136 valence electrons. The van der Waals surface area contributed by atoms with Crippen molar-refractivity contribution in [2.24, 2.45) is 5.92 Å². The van der Waals surface area contributed by atoms with Crippen LogP contribution >= 0.6 is 11.3 Å². The van der Waals surface area contributed by atoms with Crippen molar-refractivity contribution >= 4 is 34.2 Å². The molecule has 1 fully saturated rings. The lowest BCUT2D eigenvalue weighted by Gasteiger charge is -2.09. The van der Waals surface area contributed by atoms with Crippen LogP contribution in [-0.4, -0.2) is 31.1 Å². The monoisotopic (exact) mass is 373 g/mol. The van der Waals surface area contributed by atoms with E-state index < -0.39 is 11.9 Å². The number of rotatable bonds is 7. The van der Waals surface area contributed by atoms with Crippen LogP contribution in [0.4, 0.5) is 5.00 Å². The summed E-state index contributed by atoms with van der Waals surface area (Å²) in [6.45, 7) is 1.59. The first-order valence-electron chi connectivity index (χ1n) is 8.40. The third kappa shape index (κ3) is 4.29. The lowest BCUT2D eigenvalue weighted by molar-refractivity contribution is -0.148. The van der Waals surface area contributed by atoms with Gasteiger partial charge in [-0.25, -0.2) is 4.79 Å². The number of benzene rings is 1. The molecule has 0 radical (unpaired) electrons. The number of esters is 2. The minimum absolute atomic E-state index is 0.0655. The number of anilines is 1. The summed E-state index contributed by atoms with van der Waals surface area (Å²) in [6.07, 6.45) is 1.64. The van der Waals surface area contributed by atoms with Crippen LogP contribution in [0.5, 0.6) is 0 Å². The first kappa shape index (κ1) is 18.1. The summed E-state index contributed by atoms with van der Waals surface area (Å²) in [5.74, 6) is -1.39. The molecule has 1 heterocycles. The Morgan fingerprint density at radius 3 is 2.54 bits per heavy atom. The Hall–Kier alpha value is -2.67. The van der Waals surface area contributed by atoms with Crippen LogP contribution in [0.3, 0.4) is 0 Å². The van der Waals surface area contributed by atoms with Crippen LogP contribution < -0.4 is 5.32 Å². The van der Waals surface area contributed by atoms with E-state index in [4.69, 9.17) is 9.47 Å². The molecule has 1 aromatic heterocycles. The predicted molar refractivity (Wildman–Crippen MR) is 98.0 cm³/mol. The molecule has 6 nitrogen and oxygen atoms in total. The molecule has 0 unspecified atom stereocenters. The number of nitrogens with one attached hydrogen (secondary N) is 1. The molecule has 0 bridgehead atoms. The molecule has 0 spiro atoms. The minimum atomic E-state index is -0.502. The Bertz CT molecular complexity index is 811. The standard InChI is InChI=1S/C19H19NO5S/c1-2-24-19(23)16-14(12-6-4-3-5-7-12)11-26-17(16)20-15(21)10-25-18(22)13-8-9-13/h3-7,11,13H,2,8-10H2,1H3,(H,20,21). The van der Waals surface area contributed by atoms with E-state index >= 15 is 0 Å². The molecule has 0 aliphatic heterocycles. The number of hydrogen-bond donors (Lipinski definition) is 1. The molecule has 1 aromatic carbocycles. The van der Waals surface area contributed by atoms with E-state index in [9.17, 15) is 14.4 Å². The topological polar surface area (TPSA) is 81.7 Å². The van der Waals surface area contributed by atoms with Gasteiger partial charge in [-0.05, 0) is 25.3 Å². The zero-order valence-electron chi connectivity index (χ0n) is 14.3. The highest BCUT2D eigenvalue weighted by molar-refractivity contribution is 7.15. The highest BCUT2D eigenvalue weighted by Gasteiger charge is 2.31. The number of ether oxygens (including phenoxy) is 2. The van der Waals surface area contributed by atoms with Crippen LogP contribution in [0.25, 0.3) is 11.1 Å². The van der Waals surface area contributed by atoms with Gasteiger partial charge in [-0.1, -0.05) is 30.3 Å². The quantitative estimate of drug-likeness (QED) is 0.752. The maximum atomic E-state index is 12.4. The molecule has 1 aliphatic rings. The highest BCUT2D eigenvalue weighted by Crippen LogP contribution is 2.36. The number of carbonyl (C=O) groups excluding carboxylic acids is 3. The molecule has 1 saturated carbocycles. The molecule has 1 amide bonds. The lowest BCUT2D eigenvalue weighted by Crippen LogP contribution is -2.22. The molecule has 0 atom stereocenters. The van der Waals surface area contributed by atoms with Crippen molar-refractivity contribution in [3.63, 3.8) is 0 Å². The second kappa shape index (κ2) is 8.14. The molecule has 7 heteroatoms. The van der Waals surface area contributed by atoms with E-state index in [0.717, 1.165) is 18.4 Å². The second-order valence-electron chi connectivity index (χ2n) is 5.87. The fourth-order valence-corrected chi connectivity index (χ4v) is 3.40. The average molecular weight is 373 g/mol. The van der Waals surface area contributed by atoms with Gasteiger partial charge in [0.05, 0.1) is 12.5 Å². The zero-order valence-corrected chi connectivity index (χ0v) is 15.1. The lowest BCUT2D eigenvalue weighted by atomic mass is 10.0. The summed E-state index contributed by atoms with van der Waals surface area (Å²) < 4.78 is 10.1. The van der Waals surface area contributed by atoms with E-state index in [2.05, 4.69) is 5.32 Å². The van der Waals surface area contributed by atoms with E-state index in [1.807, 2.05) is 30.3 Å². The number of amides is 1. The van der Waals surface area contributed by atoms with E-state index in [0.29, 0.717) is 16.1 Å². The van der Waals surface area contributed by atoms with Crippen molar-refractivity contribution in [1.82, 2.24) is 0 Å². The summed E-state index contributed by atoms with van der Waals surface area (Å²) in [5, 5.41) is 4.84. The minimum Gasteiger partial charge on any atom is -0.462 e. The first-order chi connectivity index (χ1) is 12.6. The fourth-order valence-electron chi connectivity index (χ4n) is 2.42. The highest BCUT2D eigenvalue weighted by atomic mass is 32.1. The van der Waals surface area contributed by atoms with Crippen molar-refractivity contribution in [1.29, 1.82) is 0 Å². The van der Waals surface area contributed by atoms with Gasteiger partial charge in [-0.3, -0.25) is 9.59 Å². The summed E-state index contributed by atoms with van der Waals surface area (Å²) in [7, 11) is 0. The average Bonchev–Trinajstić information content (AvgIpc) is 3.41. The second-order valence-corrected chi connectivity index (χ2v) is 6.75. The number of carbonyl (C=O) groups is 3. The molecule has 2 aromatic rings. The first-order valence-corrected chi connectivity index (χ1v) is 9.28. The summed E-state index contributed by atoms with van der Waals surface area (Å²) in [4.78, 5) is 36.1. The zero-order chi connectivity index (χ0) is 18.5. The molecule has 1 aliphatic carbocycles. The van der Waals surface area contributed by atoms with Gasteiger partial charge < -0.3 is 14.8 Å². The smallest absolute Gasteiger partial charge is 0.341 e. The van der Waals surface area contributed by atoms with Crippen molar-refractivity contribution in [3.05, 3.63) is 41.3 Å². The Labute approximate surface area is 155 Å². The van der Waals surface area contributed by atoms with Gasteiger partial charge in [0, 0.05) is 10.9 Å². The van der Waals surface area contributed by atoms with Crippen LogP contribution in [0.1, 0.15) is 30.1 Å². The predicted octanol–water partition coefficient (Wildman–Crippen LogP) is 3.48. The van der Waals surface area contributed by atoms with Gasteiger partial charge in [-0.2, -0.15) is 0 Å². The van der Waals surface area contributed by atoms with Crippen LogP contribution in [-0.2, 0) is 19.1 Å². The third-order valence-electron chi connectivity index (χ3n) is 3.86. The molecule has 26 heavy (non-hydrogen) atoms. The van der Waals surface area contributed by atoms with Crippen molar-refractivity contribution in [2.45, 2.75) is 19.8 Å². The molecule has 1 N–H and O–H groups in total. The Balaban J connectivity index is 1.77. The van der Waals surface area contributed by atoms with Gasteiger partial charge in [-0.15, -0.1) is 11.3 Å². The van der Waals surface area contributed by atoms with Gasteiger partial charge in [0.25, 0.3) is 5.91 Å². The van der Waals surface area contributed by atoms with Gasteiger partial charge in [0.1, 0.15) is 10.6 Å². The number of thiophene rings is 1. The summed E-state index contributed by atoms with van der Waals surface area (Å²) >= 11 is 1.23. The van der Waals surface area contributed by atoms with Gasteiger partial charge in [0.15, 0.2) is 6.61 Å². The molecular formula is C19H19NO5S. The van der Waals surface area contributed by atoms with Crippen LogP contribution in [0.15, 0.2) is 35.7 Å². The maximum Gasteiger partial charge on any atom is 0.341 e. The third-order valence-corrected chi connectivity index (χ3v) is 4.76. The normalized spacial score (nSPS) is 13.1. The van der Waals surface area contributed by atoms with E-state index in [-0.39, 0.29) is 25.1 Å². The van der Waals surface area contributed by atoms with Crippen molar-refractivity contribution in [3.8, 4) is 11.1 Å². The maximum absolute atomic E-state index is 12.4. The Morgan fingerprint density at radius 1 is 1.15 bits per heavy atom. The summed E-state index contributed by atoms with van der Waals surface area (Å²) in [5.41, 5.74) is 1.86. The van der Waals surface area contributed by atoms with Crippen molar-refractivity contribution < 1.29 is 23.9 Å². The Morgan fingerprint density at radius 2 is 1.88 bits per heavy atom. The van der Waals surface area contributed by atoms with Gasteiger partial charge in [0.2, 0.25) is 0 Å². The van der Waals surface area contributed by atoms with Crippen LogP contribution in [0, 0.1) is 5.92 Å². The summed E-state index contributed by atoms with van der Waals surface area (Å²) in [6, 6.07) is 9.40. The van der Waals surface area contributed by atoms with Crippen molar-refractivity contribution in [2.75, 3.05) is 18.5 Å². The fraction of sp³-hybridized carbons (Fsp3) is 0.316. The largest absolute Gasteiger partial charge is 0.462 e. The molecular weight excluding hydrogens is 354 g/mol. The van der Waals surface area contributed by atoms with Gasteiger partial charge >= 0.3 is 11.9 Å².